The van der Waals surface area contributed by atoms with Crippen LogP contribution in [0.3, 0.4) is 0 Å². The number of hydrogen-bond acceptors (Lipinski definition) is 3. The normalized spacial score (nSPS) is 12.5. The summed E-state index contributed by atoms with van der Waals surface area (Å²) in [5.74, 6) is -0.124. The minimum atomic E-state index is -1.18. The third-order valence-electron chi connectivity index (χ3n) is 3.13. The summed E-state index contributed by atoms with van der Waals surface area (Å²) < 4.78 is 5.05. The maximum absolute atomic E-state index is 11.7. The van der Waals surface area contributed by atoms with Crippen LogP contribution in [0, 0.1) is 0 Å². The van der Waals surface area contributed by atoms with Gasteiger partial charge in [-0.3, -0.25) is 0 Å². The van der Waals surface area contributed by atoms with Crippen molar-refractivity contribution in [3.8, 4) is 0 Å². The van der Waals surface area contributed by atoms with Gasteiger partial charge in [-0.2, -0.15) is 0 Å². The molecule has 0 bridgehead atoms. The van der Waals surface area contributed by atoms with Crippen molar-refractivity contribution >= 4 is 5.97 Å². The van der Waals surface area contributed by atoms with E-state index in [2.05, 4.69) is 20.8 Å². The van der Waals surface area contributed by atoms with Crippen LogP contribution in [-0.4, -0.2) is 17.7 Å². The Morgan fingerprint density at radius 1 is 1.16 bits per heavy atom. The van der Waals surface area contributed by atoms with Crippen molar-refractivity contribution in [1.82, 2.24) is 0 Å². The molecule has 0 saturated carbocycles. The van der Waals surface area contributed by atoms with Gasteiger partial charge in [0.1, 0.15) is 0 Å². The fourth-order valence-corrected chi connectivity index (χ4v) is 1.80. The Kier molecular flexibility index (Phi) is 6.57. The minimum Gasteiger partial charge on any atom is -0.464 e. The lowest BCUT2D eigenvalue weighted by Crippen LogP contribution is -2.16. The standard InChI is InChI=1S/C16H24O3/c1-4-5-6-11-19-16(18)15(17)14-9-7-13(8-10-14)12(2)3/h7-10,12,15,17H,4-6,11H2,1-3H3. The Bertz CT molecular complexity index is 381. The Balaban J connectivity index is 2.51. The lowest BCUT2D eigenvalue weighted by Gasteiger charge is -2.12. The van der Waals surface area contributed by atoms with E-state index in [1.165, 1.54) is 5.56 Å². The average molecular weight is 264 g/mol. The molecule has 0 saturated heterocycles. The van der Waals surface area contributed by atoms with E-state index in [0.29, 0.717) is 18.1 Å². The first-order valence-corrected chi connectivity index (χ1v) is 7.00. The molecule has 0 aliphatic heterocycles. The summed E-state index contributed by atoms with van der Waals surface area (Å²) in [6.45, 7) is 6.68. The minimum absolute atomic E-state index is 0.383. The number of aliphatic hydroxyl groups excluding tert-OH is 1. The van der Waals surface area contributed by atoms with E-state index in [-0.39, 0.29) is 0 Å². The van der Waals surface area contributed by atoms with Crippen LogP contribution in [-0.2, 0) is 9.53 Å². The number of benzene rings is 1. The summed E-state index contributed by atoms with van der Waals surface area (Å²) in [4.78, 5) is 11.7. The van der Waals surface area contributed by atoms with Crippen LogP contribution >= 0.6 is 0 Å². The Hall–Kier alpha value is -1.35. The summed E-state index contributed by atoms with van der Waals surface area (Å²) in [6.07, 6.45) is 1.78. The van der Waals surface area contributed by atoms with Gasteiger partial charge in [0.05, 0.1) is 6.61 Å². The highest BCUT2D eigenvalue weighted by atomic mass is 16.5. The second-order valence-corrected chi connectivity index (χ2v) is 5.10. The zero-order valence-electron chi connectivity index (χ0n) is 12.1. The smallest absolute Gasteiger partial charge is 0.339 e. The van der Waals surface area contributed by atoms with Crippen LogP contribution < -0.4 is 0 Å². The third kappa shape index (κ3) is 5.03. The first kappa shape index (κ1) is 15.7. The van der Waals surface area contributed by atoms with Crippen molar-refractivity contribution in [1.29, 1.82) is 0 Å². The van der Waals surface area contributed by atoms with Crippen LogP contribution in [0.25, 0.3) is 0 Å². The van der Waals surface area contributed by atoms with Gasteiger partial charge >= 0.3 is 5.97 Å². The molecule has 1 aromatic carbocycles. The molecule has 3 nitrogen and oxygen atoms in total. The lowest BCUT2D eigenvalue weighted by molar-refractivity contribution is -0.154. The highest BCUT2D eigenvalue weighted by Crippen LogP contribution is 2.19. The molecule has 1 unspecified atom stereocenters. The van der Waals surface area contributed by atoms with Gasteiger partial charge in [0.25, 0.3) is 0 Å². The molecule has 1 rings (SSSR count). The van der Waals surface area contributed by atoms with Gasteiger partial charge in [-0.1, -0.05) is 57.9 Å². The van der Waals surface area contributed by atoms with Crippen molar-refractivity contribution < 1.29 is 14.6 Å². The zero-order valence-corrected chi connectivity index (χ0v) is 12.1. The van der Waals surface area contributed by atoms with Crippen LogP contribution in [0.2, 0.25) is 0 Å². The van der Waals surface area contributed by atoms with Gasteiger partial charge in [-0.05, 0) is 23.5 Å². The molecule has 19 heavy (non-hydrogen) atoms. The van der Waals surface area contributed by atoms with Gasteiger partial charge in [0, 0.05) is 0 Å². The van der Waals surface area contributed by atoms with E-state index in [9.17, 15) is 9.90 Å². The van der Waals surface area contributed by atoms with E-state index in [1.54, 1.807) is 12.1 Å². The Labute approximate surface area is 115 Å². The molecule has 0 aliphatic carbocycles. The van der Waals surface area contributed by atoms with E-state index in [4.69, 9.17) is 4.74 Å². The summed E-state index contributed by atoms with van der Waals surface area (Å²) in [5.41, 5.74) is 1.78. The van der Waals surface area contributed by atoms with Crippen molar-refractivity contribution in [3.05, 3.63) is 35.4 Å². The summed E-state index contributed by atoms with van der Waals surface area (Å²) in [5, 5.41) is 9.90. The zero-order chi connectivity index (χ0) is 14.3. The third-order valence-corrected chi connectivity index (χ3v) is 3.13. The highest BCUT2D eigenvalue weighted by molar-refractivity contribution is 5.76. The molecular formula is C16H24O3. The van der Waals surface area contributed by atoms with Crippen molar-refractivity contribution in [3.63, 3.8) is 0 Å². The largest absolute Gasteiger partial charge is 0.464 e. The van der Waals surface area contributed by atoms with Gasteiger partial charge in [0.15, 0.2) is 6.10 Å². The molecule has 0 amide bonds. The number of ether oxygens (including phenoxy) is 1. The summed E-state index contributed by atoms with van der Waals surface area (Å²) in [6, 6.07) is 7.45. The predicted octanol–water partition coefficient (Wildman–Crippen LogP) is 3.58. The topological polar surface area (TPSA) is 46.5 Å². The summed E-state index contributed by atoms with van der Waals surface area (Å²) >= 11 is 0. The number of unbranched alkanes of at least 4 members (excludes halogenated alkanes) is 2. The molecule has 1 atom stereocenters. The molecule has 0 aromatic heterocycles. The summed E-state index contributed by atoms with van der Waals surface area (Å²) in [7, 11) is 0. The molecule has 106 valence electrons. The Morgan fingerprint density at radius 2 is 1.74 bits per heavy atom. The lowest BCUT2D eigenvalue weighted by atomic mass is 10.00. The first-order valence-electron chi connectivity index (χ1n) is 7.00. The molecule has 0 heterocycles. The van der Waals surface area contributed by atoms with E-state index in [0.717, 1.165) is 19.3 Å². The first-order chi connectivity index (χ1) is 9.06. The molecule has 3 heteroatoms. The van der Waals surface area contributed by atoms with E-state index in [1.807, 2.05) is 12.1 Å². The van der Waals surface area contributed by atoms with Crippen molar-refractivity contribution in [2.75, 3.05) is 6.61 Å². The number of hydrogen-bond donors (Lipinski definition) is 1. The monoisotopic (exact) mass is 264 g/mol. The van der Waals surface area contributed by atoms with Gasteiger partial charge in [0.2, 0.25) is 0 Å². The van der Waals surface area contributed by atoms with Crippen LogP contribution in [0.5, 0.6) is 0 Å². The van der Waals surface area contributed by atoms with Crippen LogP contribution in [0.1, 0.15) is 63.2 Å². The second kappa shape index (κ2) is 7.95. The second-order valence-electron chi connectivity index (χ2n) is 5.10. The van der Waals surface area contributed by atoms with Crippen molar-refractivity contribution in [2.45, 2.75) is 52.1 Å². The quantitative estimate of drug-likeness (QED) is 0.605. The SMILES string of the molecule is CCCCCOC(=O)C(O)c1ccc(C(C)C)cc1. The molecule has 0 radical (unpaired) electrons. The maximum Gasteiger partial charge on any atom is 0.339 e. The fraction of sp³-hybridized carbons (Fsp3) is 0.562. The molecule has 0 spiro atoms. The highest BCUT2D eigenvalue weighted by Gasteiger charge is 2.18. The van der Waals surface area contributed by atoms with Gasteiger partial charge in [-0.25, -0.2) is 4.79 Å². The number of esters is 1. The van der Waals surface area contributed by atoms with Crippen LogP contribution in [0.4, 0.5) is 0 Å². The number of aliphatic hydroxyl groups is 1. The number of carbonyl (C=O) groups excluding carboxylic acids is 1. The van der Waals surface area contributed by atoms with Crippen molar-refractivity contribution in [2.24, 2.45) is 0 Å². The number of rotatable bonds is 7. The van der Waals surface area contributed by atoms with Crippen LogP contribution in [0.15, 0.2) is 24.3 Å². The molecule has 0 aliphatic rings. The molecular weight excluding hydrogens is 240 g/mol. The maximum atomic E-state index is 11.7. The average Bonchev–Trinajstić information content (AvgIpc) is 2.42. The molecule has 1 aromatic rings. The fourth-order valence-electron chi connectivity index (χ4n) is 1.80. The molecule has 1 N–H and O–H groups in total. The van der Waals surface area contributed by atoms with Gasteiger partial charge in [-0.15, -0.1) is 0 Å². The van der Waals surface area contributed by atoms with E-state index >= 15 is 0 Å². The van der Waals surface area contributed by atoms with E-state index < -0.39 is 12.1 Å². The predicted molar refractivity (Wildman–Crippen MR) is 76.0 cm³/mol. The Morgan fingerprint density at radius 3 is 2.26 bits per heavy atom. The molecule has 0 fully saturated rings. The number of carbonyl (C=O) groups is 1. The van der Waals surface area contributed by atoms with Gasteiger partial charge < -0.3 is 9.84 Å².